The number of hydrogen-bond donors (Lipinski definition) is 1. The minimum Gasteiger partial charge on any atom is -0.427 e. The minimum atomic E-state index is -0.914. The van der Waals surface area contributed by atoms with E-state index in [1.807, 2.05) is 49.0 Å². The van der Waals surface area contributed by atoms with E-state index in [0.29, 0.717) is 7.48 Å². The lowest BCUT2D eigenvalue weighted by atomic mass is 9.82. The van der Waals surface area contributed by atoms with Gasteiger partial charge in [-0.3, -0.25) is 4.98 Å². The van der Waals surface area contributed by atoms with Gasteiger partial charge in [0.15, 0.2) is 0 Å². The van der Waals surface area contributed by atoms with Crippen LogP contribution in [0.5, 0.6) is 0 Å². The largest absolute Gasteiger partial charge is 0.427 e. The average molecular weight is 323 g/mol. The van der Waals surface area contributed by atoms with Crippen LogP contribution in [0, 0.1) is 0 Å². The number of pyridine rings is 1. The molecule has 0 aliphatic carbocycles. The maximum Gasteiger partial charge on any atom is 0.309 e. The fraction of sp³-hybridized carbons (Fsp3) is 0.333. The van der Waals surface area contributed by atoms with Crippen LogP contribution in [0.1, 0.15) is 27.7 Å². The second-order valence-electron chi connectivity index (χ2n) is 7.04. The van der Waals surface area contributed by atoms with Gasteiger partial charge in [-0.15, -0.1) is 0 Å². The molecule has 2 aromatic heterocycles. The summed E-state index contributed by atoms with van der Waals surface area (Å²) in [5.74, 6) is 0. The van der Waals surface area contributed by atoms with Gasteiger partial charge in [-0.1, -0.05) is 17.6 Å². The van der Waals surface area contributed by atoms with Gasteiger partial charge >= 0.3 is 7.48 Å². The summed E-state index contributed by atoms with van der Waals surface area (Å²) >= 11 is 0. The van der Waals surface area contributed by atoms with E-state index in [0.717, 1.165) is 22.1 Å². The van der Waals surface area contributed by atoms with E-state index < -0.39 is 11.2 Å². The van der Waals surface area contributed by atoms with Crippen LogP contribution in [0.2, 0.25) is 0 Å². The summed E-state index contributed by atoms with van der Waals surface area (Å²) in [6.07, 6.45) is 5.51. The van der Waals surface area contributed by atoms with Crippen molar-refractivity contribution in [3.8, 4) is 5.69 Å². The second kappa shape index (κ2) is 6.04. The molecule has 2 heterocycles. The predicted molar refractivity (Wildman–Crippen MR) is 97.1 cm³/mol. The highest BCUT2D eigenvalue weighted by Crippen LogP contribution is 2.24. The van der Waals surface area contributed by atoms with Gasteiger partial charge in [0.1, 0.15) is 0 Å². The van der Waals surface area contributed by atoms with Crippen LogP contribution in [0.4, 0.5) is 0 Å². The third kappa shape index (κ3) is 3.35. The number of nitrogens with zero attached hydrogens (tertiary/aromatic N) is 3. The Hall–Kier alpha value is -2.18. The molecule has 124 valence electrons. The van der Waals surface area contributed by atoms with Gasteiger partial charge in [0.05, 0.1) is 28.6 Å². The van der Waals surface area contributed by atoms with E-state index in [2.05, 4.69) is 16.1 Å². The van der Waals surface area contributed by atoms with Crippen LogP contribution in [0.25, 0.3) is 16.6 Å². The highest BCUT2D eigenvalue weighted by molar-refractivity contribution is 6.47. The first-order valence-electron chi connectivity index (χ1n) is 8.01. The molecule has 0 amide bonds. The fourth-order valence-electron chi connectivity index (χ4n) is 2.23. The second-order valence-corrected chi connectivity index (χ2v) is 7.04. The van der Waals surface area contributed by atoms with Crippen molar-refractivity contribution in [2.75, 3.05) is 0 Å². The molecule has 24 heavy (non-hydrogen) atoms. The SMILES string of the molecule is CC(C)(O)C(C)(C)OBc1ccc2nn(-c3cccnc3)cc2c1. The van der Waals surface area contributed by atoms with Gasteiger partial charge in [-0.2, -0.15) is 5.10 Å². The van der Waals surface area contributed by atoms with E-state index in [4.69, 9.17) is 4.65 Å². The van der Waals surface area contributed by atoms with E-state index in [-0.39, 0.29) is 0 Å². The monoisotopic (exact) mass is 323 g/mol. The molecule has 0 fully saturated rings. The lowest BCUT2D eigenvalue weighted by Crippen LogP contribution is -2.49. The van der Waals surface area contributed by atoms with E-state index >= 15 is 0 Å². The molecule has 3 rings (SSSR count). The Balaban J connectivity index is 1.82. The Labute approximate surface area is 142 Å². The first kappa shape index (κ1) is 16.7. The number of rotatable bonds is 5. The summed E-state index contributed by atoms with van der Waals surface area (Å²) in [4.78, 5) is 4.12. The van der Waals surface area contributed by atoms with Crippen molar-refractivity contribution in [3.63, 3.8) is 0 Å². The summed E-state index contributed by atoms with van der Waals surface area (Å²) in [6, 6.07) is 9.91. The lowest BCUT2D eigenvalue weighted by molar-refractivity contribution is -0.0893. The Morgan fingerprint density at radius 1 is 1.17 bits per heavy atom. The third-order valence-corrected chi connectivity index (χ3v) is 4.55. The lowest BCUT2D eigenvalue weighted by Gasteiger charge is -2.37. The Kier molecular flexibility index (Phi) is 4.19. The number of aromatic nitrogens is 3. The van der Waals surface area contributed by atoms with Crippen molar-refractivity contribution in [3.05, 3.63) is 48.9 Å². The molecular weight excluding hydrogens is 301 g/mol. The van der Waals surface area contributed by atoms with Crippen molar-refractivity contribution in [1.82, 2.24) is 14.8 Å². The molecule has 1 aromatic carbocycles. The Morgan fingerprint density at radius 3 is 2.62 bits per heavy atom. The van der Waals surface area contributed by atoms with Crippen LogP contribution >= 0.6 is 0 Å². The summed E-state index contributed by atoms with van der Waals surface area (Å²) < 4.78 is 7.76. The number of hydrogen-bond acceptors (Lipinski definition) is 4. The predicted octanol–water partition coefficient (Wildman–Crippen LogP) is 1.96. The number of benzene rings is 1. The summed E-state index contributed by atoms with van der Waals surface area (Å²) in [5, 5.41) is 15.8. The quantitative estimate of drug-likeness (QED) is 0.729. The maximum atomic E-state index is 10.2. The van der Waals surface area contributed by atoms with Crippen LogP contribution in [-0.2, 0) is 4.65 Å². The maximum absolute atomic E-state index is 10.2. The van der Waals surface area contributed by atoms with Crippen molar-refractivity contribution >= 4 is 23.8 Å². The van der Waals surface area contributed by atoms with Crippen molar-refractivity contribution < 1.29 is 9.76 Å². The molecule has 5 nitrogen and oxygen atoms in total. The summed E-state index contributed by atoms with van der Waals surface area (Å²) in [5.41, 5.74) is 1.34. The van der Waals surface area contributed by atoms with Gasteiger partial charge in [-0.25, -0.2) is 4.68 Å². The zero-order valence-corrected chi connectivity index (χ0v) is 14.5. The molecular formula is C18H22BN3O2. The molecule has 0 aliphatic rings. The number of aliphatic hydroxyl groups is 1. The van der Waals surface area contributed by atoms with Crippen LogP contribution in [0.3, 0.4) is 0 Å². The molecule has 0 aliphatic heterocycles. The highest BCUT2D eigenvalue weighted by Gasteiger charge is 2.35. The van der Waals surface area contributed by atoms with Crippen LogP contribution in [0.15, 0.2) is 48.9 Å². The molecule has 0 bridgehead atoms. The van der Waals surface area contributed by atoms with E-state index in [1.54, 1.807) is 26.2 Å². The smallest absolute Gasteiger partial charge is 0.309 e. The molecule has 0 saturated carbocycles. The van der Waals surface area contributed by atoms with Crippen LogP contribution in [-0.4, -0.2) is 38.6 Å². The zero-order chi connectivity index (χ0) is 17.4. The standard InChI is InChI=1S/C18H22BN3O2/c1-17(2,23)18(3,4)24-19-14-7-8-16-13(10-14)12-22(21-16)15-6-5-9-20-11-15/h5-12,19,23H,1-4H3. The van der Waals surface area contributed by atoms with Crippen molar-refractivity contribution in [2.45, 2.75) is 38.9 Å². The molecule has 0 spiro atoms. The molecule has 0 saturated heterocycles. The number of fused-ring (bicyclic) bond motifs is 1. The zero-order valence-electron chi connectivity index (χ0n) is 14.5. The molecule has 1 N–H and O–H groups in total. The third-order valence-electron chi connectivity index (χ3n) is 4.55. The summed E-state index contributed by atoms with van der Waals surface area (Å²) in [6.45, 7) is 7.31. The average Bonchev–Trinajstić information content (AvgIpc) is 2.96. The molecule has 0 atom stereocenters. The molecule has 0 radical (unpaired) electrons. The van der Waals surface area contributed by atoms with Gasteiger partial charge < -0.3 is 9.76 Å². The molecule has 0 unspecified atom stereocenters. The van der Waals surface area contributed by atoms with Crippen molar-refractivity contribution in [1.29, 1.82) is 0 Å². The Morgan fingerprint density at radius 2 is 1.96 bits per heavy atom. The van der Waals surface area contributed by atoms with Gasteiger partial charge in [0, 0.05) is 17.8 Å². The first-order chi connectivity index (χ1) is 11.3. The fourth-order valence-corrected chi connectivity index (χ4v) is 2.23. The van der Waals surface area contributed by atoms with Gasteiger partial charge in [-0.05, 0) is 45.9 Å². The molecule has 3 aromatic rings. The Bertz CT molecular complexity index is 838. The van der Waals surface area contributed by atoms with Gasteiger partial charge in [0.2, 0.25) is 0 Å². The van der Waals surface area contributed by atoms with Gasteiger partial charge in [0.25, 0.3) is 0 Å². The molecule has 6 heteroatoms. The normalized spacial score (nSPS) is 12.5. The van der Waals surface area contributed by atoms with Crippen molar-refractivity contribution in [2.24, 2.45) is 0 Å². The minimum absolute atomic E-state index is 0.436. The topological polar surface area (TPSA) is 60.2 Å². The van der Waals surface area contributed by atoms with E-state index in [9.17, 15) is 5.11 Å². The highest BCUT2D eigenvalue weighted by atomic mass is 16.5. The first-order valence-corrected chi connectivity index (χ1v) is 8.01. The summed E-state index contributed by atoms with van der Waals surface area (Å²) in [7, 11) is 0.436. The van der Waals surface area contributed by atoms with E-state index in [1.165, 1.54) is 0 Å². The van der Waals surface area contributed by atoms with Crippen LogP contribution < -0.4 is 5.46 Å².